The molecule has 2 rings (SSSR count). The summed E-state index contributed by atoms with van der Waals surface area (Å²) in [5, 5.41) is 10.6. The molecule has 1 saturated heterocycles. The zero-order valence-corrected chi connectivity index (χ0v) is 18.4. The lowest BCUT2D eigenvalue weighted by Crippen LogP contribution is -2.28. The number of methoxy groups -OCH3 is 1. The van der Waals surface area contributed by atoms with Gasteiger partial charge in [-0.1, -0.05) is 24.1 Å². The van der Waals surface area contributed by atoms with Gasteiger partial charge in [-0.05, 0) is 63.0 Å². The van der Waals surface area contributed by atoms with Crippen LogP contribution in [-0.2, 0) is 15.9 Å². The third kappa shape index (κ3) is 8.07. The van der Waals surface area contributed by atoms with Gasteiger partial charge in [0.1, 0.15) is 11.9 Å². The van der Waals surface area contributed by atoms with Crippen molar-refractivity contribution in [2.24, 2.45) is 0 Å². The topological polar surface area (TPSA) is 47.9 Å². The largest absolute Gasteiger partial charge is 0.496 e. The number of allylic oxidation sites excluding steroid dienone is 1. The SMILES string of the molecule is C=CCc1c(OC)cccc1C(O)C#CCC[C@H](CCCC[CH2+])OC1CCCCO1. The van der Waals surface area contributed by atoms with Crippen molar-refractivity contribution >= 4 is 0 Å². The highest BCUT2D eigenvalue weighted by Gasteiger charge is 2.19. The van der Waals surface area contributed by atoms with E-state index in [1.165, 1.54) is 0 Å². The van der Waals surface area contributed by atoms with E-state index in [2.05, 4.69) is 25.3 Å². The molecule has 1 aromatic rings. The lowest BCUT2D eigenvalue weighted by Gasteiger charge is -2.27. The molecule has 164 valence electrons. The minimum absolute atomic E-state index is 0.0831. The zero-order valence-electron chi connectivity index (χ0n) is 18.4. The molecule has 0 amide bonds. The standard InChI is InChI=1S/C26H37O4/c1-4-6-7-14-21(30-26-19-10-11-20-29-26)15-8-9-17-24(27)22-16-12-18-25(28-3)23(22)13-5-2/h5,12,16,18,21,24,26-27H,1-2,4,6-8,10-11,13-15,19-20H2,3H3/q+1/t21-,24?,26?/m0/s1. The summed E-state index contributed by atoms with van der Waals surface area (Å²) in [6, 6.07) is 5.66. The van der Waals surface area contributed by atoms with E-state index in [1.807, 2.05) is 24.3 Å². The number of benzene rings is 1. The third-order valence-electron chi connectivity index (χ3n) is 5.37. The van der Waals surface area contributed by atoms with Gasteiger partial charge in [0.25, 0.3) is 0 Å². The van der Waals surface area contributed by atoms with Crippen molar-refractivity contribution in [1.29, 1.82) is 0 Å². The monoisotopic (exact) mass is 413 g/mol. The van der Waals surface area contributed by atoms with E-state index in [4.69, 9.17) is 14.2 Å². The Balaban J connectivity index is 1.94. The molecule has 1 aromatic carbocycles. The maximum atomic E-state index is 10.6. The second-order valence-electron chi connectivity index (χ2n) is 7.69. The Labute approximate surface area is 182 Å². The lowest BCUT2D eigenvalue weighted by atomic mass is 9.98. The number of rotatable bonds is 12. The summed E-state index contributed by atoms with van der Waals surface area (Å²) in [5.74, 6) is 6.89. The number of unbranched alkanes of at least 4 members (excludes halogenated alkanes) is 2. The Kier molecular flexibility index (Phi) is 11.5. The molecule has 1 N–H and O–H groups in total. The number of ether oxygens (including phenoxy) is 3. The van der Waals surface area contributed by atoms with Crippen LogP contribution >= 0.6 is 0 Å². The highest BCUT2D eigenvalue weighted by atomic mass is 16.7. The van der Waals surface area contributed by atoms with Crippen LogP contribution in [0, 0.1) is 18.8 Å². The van der Waals surface area contributed by atoms with Crippen LogP contribution in [0.15, 0.2) is 30.9 Å². The molecule has 1 aliphatic rings. The van der Waals surface area contributed by atoms with E-state index in [0.717, 1.165) is 74.8 Å². The molecule has 1 aliphatic heterocycles. The Hall–Kier alpha value is -1.93. The van der Waals surface area contributed by atoms with Crippen molar-refractivity contribution in [3.63, 3.8) is 0 Å². The van der Waals surface area contributed by atoms with Crippen LogP contribution in [0.4, 0.5) is 0 Å². The fourth-order valence-electron chi connectivity index (χ4n) is 3.73. The molecule has 3 atom stereocenters. The molecule has 0 spiro atoms. The van der Waals surface area contributed by atoms with Crippen LogP contribution in [-0.4, -0.2) is 31.2 Å². The van der Waals surface area contributed by atoms with Gasteiger partial charge >= 0.3 is 0 Å². The number of aliphatic hydroxyl groups is 1. The first-order chi connectivity index (χ1) is 14.7. The van der Waals surface area contributed by atoms with Crippen LogP contribution in [0.5, 0.6) is 5.75 Å². The average molecular weight is 414 g/mol. The first-order valence-electron chi connectivity index (χ1n) is 11.2. The van der Waals surface area contributed by atoms with E-state index in [-0.39, 0.29) is 12.4 Å². The van der Waals surface area contributed by atoms with Crippen molar-refractivity contribution in [3.05, 3.63) is 48.9 Å². The van der Waals surface area contributed by atoms with Gasteiger partial charge in [0.2, 0.25) is 0 Å². The van der Waals surface area contributed by atoms with E-state index >= 15 is 0 Å². The van der Waals surface area contributed by atoms with E-state index in [0.29, 0.717) is 12.8 Å². The third-order valence-corrected chi connectivity index (χ3v) is 5.37. The lowest BCUT2D eigenvalue weighted by molar-refractivity contribution is -0.190. The van der Waals surface area contributed by atoms with Crippen LogP contribution in [0.3, 0.4) is 0 Å². The molecule has 1 heterocycles. The fourth-order valence-corrected chi connectivity index (χ4v) is 3.73. The first kappa shape index (κ1) is 24.3. The quantitative estimate of drug-likeness (QED) is 0.211. The highest BCUT2D eigenvalue weighted by molar-refractivity contribution is 5.44. The van der Waals surface area contributed by atoms with Crippen LogP contribution in [0.25, 0.3) is 0 Å². The molecule has 2 unspecified atom stereocenters. The summed E-state index contributed by atoms with van der Waals surface area (Å²) in [6.45, 7) is 8.52. The van der Waals surface area contributed by atoms with E-state index < -0.39 is 6.10 Å². The number of aliphatic hydroxyl groups excluding tert-OH is 1. The van der Waals surface area contributed by atoms with Crippen molar-refractivity contribution in [3.8, 4) is 17.6 Å². The number of hydrogen-bond donors (Lipinski definition) is 1. The maximum Gasteiger partial charge on any atom is 0.157 e. The summed E-state index contributed by atoms with van der Waals surface area (Å²) in [6.07, 6.45) is 10.6. The molecule has 4 heteroatoms. The van der Waals surface area contributed by atoms with Crippen molar-refractivity contribution in [2.75, 3.05) is 13.7 Å². The Morgan fingerprint density at radius 3 is 2.90 bits per heavy atom. The summed E-state index contributed by atoms with van der Waals surface area (Å²) in [4.78, 5) is 0. The van der Waals surface area contributed by atoms with Gasteiger partial charge in [0, 0.05) is 18.6 Å². The summed E-state index contributed by atoms with van der Waals surface area (Å²) >= 11 is 0. The van der Waals surface area contributed by atoms with Crippen molar-refractivity contribution in [1.82, 2.24) is 0 Å². The number of hydrogen-bond acceptors (Lipinski definition) is 4. The van der Waals surface area contributed by atoms with E-state index in [9.17, 15) is 5.11 Å². The van der Waals surface area contributed by atoms with Crippen LogP contribution in [0.1, 0.15) is 75.0 Å². The second kappa shape index (κ2) is 14.1. The predicted octanol–water partition coefficient (Wildman–Crippen LogP) is 5.55. The summed E-state index contributed by atoms with van der Waals surface area (Å²) in [7, 11) is 1.63. The molecular weight excluding hydrogens is 376 g/mol. The smallest absolute Gasteiger partial charge is 0.157 e. The van der Waals surface area contributed by atoms with Crippen LogP contribution in [0.2, 0.25) is 0 Å². The second-order valence-corrected chi connectivity index (χ2v) is 7.69. The summed E-state index contributed by atoms with van der Waals surface area (Å²) < 4.78 is 17.4. The molecule has 0 radical (unpaired) electrons. The highest BCUT2D eigenvalue weighted by Crippen LogP contribution is 2.27. The minimum atomic E-state index is -0.845. The van der Waals surface area contributed by atoms with Gasteiger partial charge in [-0.3, -0.25) is 0 Å². The molecule has 1 fully saturated rings. The van der Waals surface area contributed by atoms with Crippen molar-refractivity contribution in [2.45, 2.75) is 82.7 Å². The molecule has 30 heavy (non-hydrogen) atoms. The van der Waals surface area contributed by atoms with Gasteiger partial charge in [0.15, 0.2) is 6.29 Å². The van der Waals surface area contributed by atoms with Crippen LogP contribution < -0.4 is 4.74 Å². The molecule has 4 nitrogen and oxygen atoms in total. The first-order valence-corrected chi connectivity index (χ1v) is 11.2. The average Bonchev–Trinajstić information content (AvgIpc) is 2.77. The van der Waals surface area contributed by atoms with E-state index in [1.54, 1.807) is 7.11 Å². The van der Waals surface area contributed by atoms with Gasteiger partial charge in [-0.15, -0.1) is 12.5 Å². The molecule has 0 aromatic heterocycles. The molecule has 0 saturated carbocycles. The molecule has 0 aliphatic carbocycles. The van der Waals surface area contributed by atoms with Gasteiger partial charge in [0.05, 0.1) is 26.6 Å². The zero-order chi connectivity index (χ0) is 21.6. The predicted molar refractivity (Wildman–Crippen MR) is 121 cm³/mol. The molecule has 0 bridgehead atoms. The Bertz CT molecular complexity index is 682. The van der Waals surface area contributed by atoms with Gasteiger partial charge in [-0.25, -0.2) is 0 Å². The molecular formula is C26H37O4+. The fraction of sp³-hybridized carbons (Fsp3) is 0.577. The van der Waals surface area contributed by atoms with Crippen molar-refractivity contribution < 1.29 is 19.3 Å². The summed E-state index contributed by atoms with van der Waals surface area (Å²) in [5.41, 5.74) is 1.71. The normalized spacial score (nSPS) is 18.1. The Morgan fingerprint density at radius 2 is 2.20 bits per heavy atom. The Morgan fingerprint density at radius 1 is 1.33 bits per heavy atom. The van der Waals surface area contributed by atoms with Gasteiger partial charge < -0.3 is 19.3 Å². The maximum absolute atomic E-state index is 10.6. The minimum Gasteiger partial charge on any atom is -0.496 e. The van der Waals surface area contributed by atoms with Gasteiger partial charge in [-0.2, -0.15) is 0 Å².